The minimum Gasteiger partial charge on any atom is -0.393 e. The molecule has 3 heteroatoms. The Kier molecular flexibility index (Phi) is 3.65. The van der Waals surface area contributed by atoms with E-state index in [2.05, 4.69) is 18.8 Å². The number of thiocarbonyl (C=S) groups is 1. The smallest absolute Gasteiger partial charge is 0.0940 e. The van der Waals surface area contributed by atoms with Crippen LogP contribution in [0.5, 0.6) is 0 Å². The number of nitriles is 1. The average molecular weight is 140 g/mol. The third-order valence-electron chi connectivity index (χ3n) is 0.831. The predicted octanol–water partition coefficient (Wildman–Crippen LogP) is 1.13. The van der Waals surface area contributed by atoms with E-state index in [1.807, 2.05) is 6.07 Å². The van der Waals surface area contributed by atoms with Gasteiger partial charge >= 0.3 is 0 Å². The van der Waals surface area contributed by atoms with Crippen molar-refractivity contribution in [2.75, 3.05) is 0 Å². The van der Waals surface area contributed by atoms with Gasteiger partial charge in [-0.25, -0.2) is 0 Å². The Bertz CT molecular complexity index is 166. The summed E-state index contributed by atoms with van der Waals surface area (Å²) in [5.41, 5.74) is 5.71. The Morgan fingerprint density at radius 2 is 2.22 bits per heavy atom. The van der Waals surface area contributed by atoms with E-state index in [1.165, 1.54) is 0 Å². The van der Waals surface area contributed by atoms with Gasteiger partial charge in [-0.1, -0.05) is 18.8 Å². The van der Waals surface area contributed by atoms with Gasteiger partial charge in [-0.15, -0.1) is 0 Å². The maximum atomic E-state index is 8.21. The fourth-order valence-corrected chi connectivity index (χ4v) is 0.432. The van der Waals surface area contributed by atoms with Crippen LogP contribution in [0.3, 0.4) is 0 Å². The van der Waals surface area contributed by atoms with Crippen molar-refractivity contribution in [3.63, 3.8) is 0 Å². The van der Waals surface area contributed by atoms with Crippen molar-refractivity contribution in [1.29, 1.82) is 5.26 Å². The molecule has 0 rings (SSSR count). The fraction of sp³-hybridized carbons (Fsp3) is 0.333. The lowest BCUT2D eigenvalue weighted by Gasteiger charge is -1.92. The Morgan fingerprint density at radius 3 is 2.56 bits per heavy atom. The summed E-state index contributed by atoms with van der Waals surface area (Å²) in [6.07, 6.45) is 1.17. The maximum absolute atomic E-state index is 8.21. The second-order valence-electron chi connectivity index (χ2n) is 1.68. The lowest BCUT2D eigenvalue weighted by molar-refractivity contribution is 1.06. The highest BCUT2D eigenvalue weighted by Gasteiger charge is 1.92. The molecule has 0 atom stereocenters. The summed E-state index contributed by atoms with van der Waals surface area (Å²) in [6.45, 7) is 3.47. The Balaban J connectivity index is 3.43. The number of nitrogens with zero attached hydrogens (tertiary/aromatic N) is 1. The van der Waals surface area contributed by atoms with Crippen molar-refractivity contribution in [2.24, 2.45) is 5.73 Å². The van der Waals surface area contributed by atoms with Gasteiger partial charge in [0.25, 0.3) is 0 Å². The highest BCUT2D eigenvalue weighted by atomic mass is 32.1. The maximum Gasteiger partial charge on any atom is 0.0940 e. The van der Waals surface area contributed by atoms with E-state index >= 15 is 0 Å². The topological polar surface area (TPSA) is 49.8 Å². The van der Waals surface area contributed by atoms with Crippen molar-refractivity contribution in [3.05, 3.63) is 12.2 Å². The van der Waals surface area contributed by atoms with E-state index in [0.717, 1.165) is 0 Å². The van der Waals surface area contributed by atoms with Gasteiger partial charge in [0, 0.05) is 12.0 Å². The first-order valence-electron chi connectivity index (χ1n) is 2.53. The van der Waals surface area contributed by atoms with E-state index in [0.29, 0.717) is 23.4 Å². The van der Waals surface area contributed by atoms with E-state index < -0.39 is 0 Å². The SMILES string of the molecule is C=C(C#N)CCC(N)=S. The first kappa shape index (κ1) is 8.12. The molecular weight excluding hydrogens is 132 g/mol. The van der Waals surface area contributed by atoms with Gasteiger partial charge in [-0.3, -0.25) is 0 Å². The Morgan fingerprint density at radius 1 is 1.67 bits per heavy atom. The molecule has 0 unspecified atom stereocenters. The monoisotopic (exact) mass is 140 g/mol. The molecule has 0 aromatic rings. The van der Waals surface area contributed by atoms with Gasteiger partial charge in [-0.2, -0.15) is 5.26 Å². The zero-order valence-electron chi connectivity index (χ0n) is 5.05. The number of hydrogen-bond acceptors (Lipinski definition) is 2. The number of hydrogen-bond donors (Lipinski definition) is 1. The van der Waals surface area contributed by atoms with Crippen LogP contribution in [0, 0.1) is 11.3 Å². The van der Waals surface area contributed by atoms with E-state index in [-0.39, 0.29) is 0 Å². The Hall–Kier alpha value is -0.880. The van der Waals surface area contributed by atoms with Gasteiger partial charge in [0.1, 0.15) is 0 Å². The minimum absolute atomic E-state index is 0.436. The molecule has 0 aromatic heterocycles. The second-order valence-corrected chi connectivity index (χ2v) is 2.21. The van der Waals surface area contributed by atoms with Crippen molar-refractivity contribution in [2.45, 2.75) is 12.8 Å². The van der Waals surface area contributed by atoms with Gasteiger partial charge in [0.15, 0.2) is 0 Å². The molecule has 0 saturated heterocycles. The van der Waals surface area contributed by atoms with Gasteiger partial charge in [0.2, 0.25) is 0 Å². The van der Waals surface area contributed by atoms with Crippen LogP contribution in [0.15, 0.2) is 12.2 Å². The Labute approximate surface area is 60.0 Å². The lowest BCUT2D eigenvalue weighted by atomic mass is 10.2. The molecule has 9 heavy (non-hydrogen) atoms. The molecule has 0 aliphatic carbocycles. The summed E-state index contributed by atoms with van der Waals surface area (Å²) in [5, 5.41) is 8.21. The van der Waals surface area contributed by atoms with Crippen LogP contribution in [0.2, 0.25) is 0 Å². The number of rotatable bonds is 3. The highest BCUT2D eigenvalue weighted by Crippen LogP contribution is 1.99. The number of nitrogens with two attached hydrogens (primary N) is 1. The summed E-state index contributed by atoms with van der Waals surface area (Å²) in [6, 6.07) is 1.91. The summed E-state index contributed by atoms with van der Waals surface area (Å²) >= 11 is 4.59. The molecule has 0 spiro atoms. The van der Waals surface area contributed by atoms with Crippen LogP contribution in [0.4, 0.5) is 0 Å². The van der Waals surface area contributed by atoms with E-state index in [9.17, 15) is 0 Å². The third kappa shape index (κ3) is 4.98. The van der Waals surface area contributed by atoms with Crippen molar-refractivity contribution in [3.8, 4) is 6.07 Å². The molecule has 48 valence electrons. The summed E-state index contributed by atoms with van der Waals surface area (Å²) < 4.78 is 0. The molecular formula is C6H8N2S. The molecule has 0 radical (unpaired) electrons. The summed E-state index contributed by atoms with van der Waals surface area (Å²) in [7, 11) is 0. The molecule has 0 heterocycles. The van der Waals surface area contributed by atoms with Crippen molar-refractivity contribution >= 4 is 17.2 Å². The van der Waals surface area contributed by atoms with E-state index in [1.54, 1.807) is 0 Å². The zero-order chi connectivity index (χ0) is 7.28. The molecule has 2 nitrogen and oxygen atoms in total. The summed E-state index contributed by atoms with van der Waals surface area (Å²) in [5.74, 6) is 0. The molecule has 0 aliphatic heterocycles. The standard InChI is InChI=1S/C6H8N2S/c1-5(4-7)2-3-6(8)9/h1-3H2,(H2,8,9). The quantitative estimate of drug-likeness (QED) is 0.472. The lowest BCUT2D eigenvalue weighted by Crippen LogP contribution is -2.06. The van der Waals surface area contributed by atoms with Crippen LogP contribution >= 0.6 is 12.2 Å². The number of allylic oxidation sites excluding steroid dienone is 1. The molecule has 0 fully saturated rings. The molecule has 2 N–H and O–H groups in total. The van der Waals surface area contributed by atoms with E-state index in [4.69, 9.17) is 11.0 Å². The highest BCUT2D eigenvalue weighted by molar-refractivity contribution is 7.80. The summed E-state index contributed by atoms with van der Waals surface area (Å²) in [4.78, 5) is 0.436. The second kappa shape index (κ2) is 4.04. The first-order chi connectivity index (χ1) is 4.16. The largest absolute Gasteiger partial charge is 0.393 e. The average Bonchev–Trinajstić information content (AvgIpc) is 1.83. The van der Waals surface area contributed by atoms with Crippen LogP contribution in [-0.4, -0.2) is 4.99 Å². The fourth-order valence-electron chi connectivity index (χ4n) is 0.330. The first-order valence-corrected chi connectivity index (χ1v) is 2.94. The van der Waals surface area contributed by atoms with Crippen LogP contribution in [0.1, 0.15) is 12.8 Å². The minimum atomic E-state index is 0.436. The van der Waals surface area contributed by atoms with Crippen LogP contribution in [0.25, 0.3) is 0 Å². The molecule has 0 aromatic carbocycles. The van der Waals surface area contributed by atoms with Crippen molar-refractivity contribution in [1.82, 2.24) is 0 Å². The normalized spacial score (nSPS) is 7.89. The predicted molar refractivity (Wildman–Crippen MR) is 40.8 cm³/mol. The van der Waals surface area contributed by atoms with Gasteiger partial charge < -0.3 is 5.73 Å². The van der Waals surface area contributed by atoms with Crippen molar-refractivity contribution < 1.29 is 0 Å². The molecule has 0 aliphatic rings. The molecule has 0 amide bonds. The van der Waals surface area contributed by atoms with Gasteiger partial charge in [0.05, 0.1) is 11.1 Å². The zero-order valence-corrected chi connectivity index (χ0v) is 5.87. The van der Waals surface area contributed by atoms with Crippen LogP contribution < -0.4 is 5.73 Å². The van der Waals surface area contributed by atoms with Gasteiger partial charge in [-0.05, 0) is 6.42 Å². The molecule has 0 bridgehead atoms. The van der Waals surface area contributed by atoms with Crippen LogP contribution in [-0.2, 0) is 0 Å². The molecule has 0 saturated carbocycles. The third-order valence-corrected chi connectivity index (χ3v) is 1.04.